The Balaban J connectivity index is 2.10. The lowest BCUT2D eigenvalue weighted by Gasteiger charge is -2.08. The van der Waals surface area contributed by atoms with Crippen molar-refractivity contribution >= 4 is 38.6 Å². The molecule has 0 bridgehead atoms. The Morgan fingerprint density at radius 3 is 3.00 bits per heavy atom. The first-order chi connectivity index (χ1) is 9.13. The number of aromatic nitrogens is 4. The van der Waals surface area contributed by atoms with Gasteiger partial charge in [-0.1, -0.05) is 22.0 Å². The monoisotopic (exact) mass is 338 g/mol. The van der Waals surface area contributed by atoms with E-state index in [0.29, 0.717) is 22.7 Å². The second-order valence-electron chi connectivity index (χ2n) is 3.94. The van der Waals surface area contributed by atoms with Gasteiger partial charge in [0, 0.05) is 4.47 Å². The Labute approximate surface area is 122 Å². The van der Waals surface area contributed by atoms with Gasteiger partial charge < -0.3 is 4.74 Å². The second-order valence-corrected chi connectivity index (χ2v) is 5.20. The number of halogens is 2. The van der Waals surface area contributed by atoms with Crippen LogP contribution in [0.5, 0.6) is 11.6 Å². The standard InChI is InChI=1S/C12H8BrClN4O/c1-6-2-3-7(13)4-9(6)19-11-8-5-15-18-10(8)16-12(14)17-11/h2-5H,1H3,(H,15,16,17,18). The van der Waals surface area contributed by atoms with Crippen LogP contribution in [-0.4, -0.2) is 20.2 Å². The molecule has 0 aliphatic heterocycles. The fraction of sp³-hybridized carbons (Fsp3) is 0.0833. The van der Waals surface area contributed by atoms with Gasteiger partial charge in [-0.15, -0.1) is 0 Å². The molecule has 1 aromatic carbocycles. The van der Waals surface area contributed by atoms with Crippen LogP contribution in [0.25, 0.3) is 11.0 Å². The summed E-state index contributed by atoms with van der Waals surface area (Å²) in [5, 5.41) is 7.44. The van der Waals surface area contributed by atoms with Crippen LogP contribution in [0.1, 0.15) is 5.56 Å². The first-order valence-corrected chi connectivity index (χ1v) is 6.61. The molecule has 2 heterocycles. The molecule has 0 aliphatic carbocycles. The lowest BCUT2D eigenvalue weighted by molar-refractivity contribution is 0.464. The average molecular weight is 340 g/mol. The highest BCUT2D eigenvalue weighted by molar-refractivity contribution is 9.10. The minimum atomic E-state index is 0.111. The van der Waals surface area contributed by atoms with Crippen molar-refractivity contribution in [3.8, 4) is 11.6 Å². The smallest absolute Gasteiger partial charge is 0.234 e. The zero-order valence-corrected chi connectivity index (χ0v) is 12.2. The maximum atomic E-state index is 5.86. The van der Waals surface area contributed by atoms with Crippen LogP contribution >= 0.6 is 27.5 Å². The van der Waals surface area contributed by atoms with Gasteiger partial charge in [-0.2, -0.15) is 15.1 Å². The van der Waals surface area contributed by atoms with Crippen molar-refractivity contribution < 1.29 is 4.74 Å². The average Bonchev–Trinajstić information content (AvgIpc) is 2.82. The number of nitrogens with zero attached hydrogens (tertiary/aromatic N) is 3. The van der Waals surface area contributed by atoms with Gasteiger partial charge in [0.05, 0.1) is 6.20 Å². The highest BCUT2D eigenvalue weighted by Gasteiger charge is 2.12. The summed E-state index contributed by atoms with van der Waals surface area (Å²) < 4.78 is 6.74. The van der Waals surface area contributed by atoms with Crippen molar-refractivity contribution in [2.45, 2.75) is 6.92 Å². The van der Waals surface area contributed by atoms with Crippen LogP contribution in [0, 0.1) is 6.92 Å². The lowest BCUT2D eigenvalue weighted by Crippen LogP contribution is -1.93. The number of aromatic amines is 1. The molecule has 0 amide bonds. The minimum absolute atomic E-state index is 0.111. The van der Waals surface area contributed by atoms with Crippen molar-refractivity contribution in [2.24, 2.45) is 0 Å². The third-order valence-corrected chi connectivity index (χ3v) is 3.27. The van der Waals surface area contributed by atoms with Gasteiger partial charge in [0.15, 0.2) is 5.65 Å². The number of aryl methyl sites for hydroxylation is 1. The molecule has 0 saturated carbocycles. The van der Waals surface area contributed by atoms with Gasteiger partial charge in [0.2, 0.25) is 11.2 Å². The van der Waals surface area contributed by atoms with Gasteiger partial charge in [0.25, 0.3) is 0 Å². The molecule has 3 rings (SSSR count). The summed E-state index contributed by atoms with van der Waals surface area (Å²) >= 11 is 9.27. The molecule has 96 valence electrons. The van der Waals surface area contributed by atoms with Crippen LogP contribution in [0.4, 0.5) is 0 Å². The Bertz CT molecular complexity index is 759. The van der Waals surface area contributed by atoms with E-state index in [1.165, 1.54) is 0 Å². The normalized spacial score (nSPS) is 10.9. The van der Waals surface area contributed by atoms with E-state index in [1.807, 2.05) is 25.1 Å². The number of hydrogen-bond acceptors (Lipinski definition) is 4. The first-order valence-electron chi connectivity index (χ1n) is 5.44. The molecular formula is C12H8BrClN4O. The van der Waals surface area contributed by atoms with Gasteiger partial charge in [-0.25, -0.2) is 0 Å². The quantitative estimate of drug-likeness (QED) is 0.720. The number of hydrogen-bond donors (Lipinski definition) is 1. The molecule has 0 atom stereocenters. The van der Waals surface area contributed by atoms with Crippen molar-refractivity contribution in [2.75, 3.05) is 0 Å². The molecule has 5 nitrogen and oxygen atoms in total. The predicted molar refractivity (Wildman–Crippen MR) is 75.6 cm³/mol. The SMILES string of the molecule is Cc1ccc(Br)cc1Oc1nc(Cl)nc2[nH]ncc12. The maximum absolute atomic E-state index is 5.86. The molecule has 2 aromatic heterocycles. The van der Waals surface area contributed by atoms with Crippen molar-refractivity contribution in [1.29, 1.82) is 0 Å². The summed E-state index contributed by atoms with van der Waals surface area (Å²) in [6.07, 6.45) is 1.61. The van der Waals surface area contributed by atoms with Crippen LogP contribution in [0.15, 0.2) is 28.9 Å². The summed E-state index contributed by atoms with van der Waals surface area (Å²) in [6, 6.07) is 5.77. The topological polar surface area (TPSA) is 63.7 Å². The minimum Gasteiger partial charge on any atom is -0.438 e. The van der Waals surface area contributed by atoms with E-state index in [-0.39, 0.29) is 5.28 Å². The summed E-state index contributed by atoms with van der Waals surface area (Å²) in [4.78, 5) is 8.12. The third-order valence-electron chi connectivity index (χ3n) is 2.60. The number of benzene rings is 1. The first kappa shape index (κ1) is 12.4. The summed E-state index contributed by atoms with van der Waals surface area (Å²) in [7, 11) is 0. The van der Waals surface area contributed by atoms with Crippen LogP contribution in [-0.2, 0) is 0 Å². The summed E-state index contributed by atoms with van der Waals surface area (Å²) in [6.45, 7) is 1.96. The van der Waals surface area contributed by atoms with E-state index < -0.39 is 0 Å². The molecule has 0 radical (unpaired) electrons. The molecule has 0 spiro atoms. The number of fused-ring (bicyclic) bond motifs is 1. The van der Waals surface area contributed by atoms with Gasteiger partial charge in [-0.3, -0.25) is 5.10 Å². The van der Waals surface area contributed by atoms with Gasteiger partial charge in [-0.05, 0) is 36.2 Å². The highest BCUT2D eigenvalue weighted by Crippen LogP contribution is 2.31. The van der Waals surface area contributed by atoms with E-state index in [0.717, 1.165) is 10.0 Å². The Kier molecular flexibility index (Phi) is 3.12. The molecule has 0 aliphatic rings. The molecule has 0 fully saturated rings. The molecule has 19 heavy (non-hydrogen) atoms. The lowest BCUT2D eigenvalue weighted by atomic mass is 10.2. The van der Waals surface area contributed by atoms with Crippen molar-refractivity contribution in [1.82, 2.24) is 20.2 Å². The van der Waals surface area contributed by atoms with Gasteiger partial charge in [0.1, 0.15) is 11.1 Å². The zero-order chi connectivity index (χ0) is 13.4. The molecule has 0 unspecified atom stereocenters. The number of rotatable bonds is 2. The van der Waals surface area contributed by atoms with Crippen LogP contribution < -0.4 is 4.74 Å². The highest BCUT2D eigenvalue weighted by atomic mass is 79.9. The predicted octanol–water partition coefficient (Wildman–Crippen LogP) is 3.87. The van der Waals surface area contributed by atoms with Crippen molar-refractivity contribution in [3.05, 3.63) is 39.7 Å². The largest absolute Gasteiger partial charge is 0.438 e. The number of nitrogens with one attached hydrogen (secondary N) is 1. The van der Waals surface area contributed by atoms with E-state index in [9.17, 15) is 0 Å². The van der Waals surface area contributed by atoms with Crippen molar-refractivity contribution in [3.63, 3.8) is 0 Å². The fourth-order valence-electron chi connectivity index (χ4n) is 1.65. The second kappa shape index (κ2) is 4.79. The third kappa shape index (κ3) is 2.41. The summed E-state index contributed by atoms with van der Waals surface area (Å²) in [5.41, 5.74) is 1.54. The molecule has 1 N–H and O–H groups in total. The maximum Gasteiger partial charge on any atom is 0.234 e. The Morgan fingerprint density at radius 2 is 2.16 bits per heavy atom. The molecule has 7 heteroatoms. The summed E-state index contributed by atoms with van der Waals surface area (Å²) in [5.74, 6) is 1.08. The van der Waals surface area contributed by atoms with E-state index in [1.54, 1.807) is 6.20 Å². The molecule has 3 aromatic rings. The van der Waals surface area contributed by atoms with Crippen LogP contribution in [0.2, 0.25) is 5.28 Å². The Hall–Kier alpha value is -1.66. The zero-order valence-electron chi connectivity index (χ0n) is 9.82. The number of ether oxygens (including phenoxy) is 1. The Morgan fingerprint density at radius 1 is 1.32 bits per heavy atom. The van der Waals surface area contributed by atoms with Gasteiger partial charge >= 0.3 is 0 Å². The van der Waals surface area contributed by atoms with Crippen LogP contribution in [0.3, 0.4) is 0 Å². The van der Waals surface area contributed by atoms with E-state index in [4.69, 9.17) is 16.3 Å². The van der Waals surface area contributed by atoms with E-state index >= 15 is 0 Å². The molecular weight excluding hydrogens is 332 g/mol. The number of H-pyrrole nitrogens is 1. The van der Waals surface area contributed by atoms with E-state index in [2.05, 4.69) is 36.1 Å². The molecule has 0 saturated heterocycles. The fourth-order valence-corrected chi connectivity index (χ4v) is 2.15.